The maximum atomic E-state index is 14.3. The zero-order valence-electron chi connectivity index (χ0n) is 23.2. The summed E-state index contributed by atoms with van der Waals surface area (Å²) in [5, 5.41) is 75.7. The Morgan fingerprint density at radius 2 is 1.71 bits per heavy atom. The van der Waals surface area contributed by atoms with Gasteiger partial charge >= 0.3 is 11.9 Å². The van der Waals surface area contributed by atoms with E-state index in [9.17, 15) is 45.3 Å². The summed E-state index contributed by atoms with van der Waals surface area (Å²) in [7, 11) is 0. The lowest BCUT2D eigenvalue weighted by molar-refractivity contribution is -0.308. The molecule has 0 spiro atoms. The van der Waals surface area contributed by atoms with Crippen LogP contribution >= 0.6 is 0 Å². The first-order valence-electron chi connectivity index (χ1n) is 14.8. The highest BCUT2D eigenvalue weighted by Gasteiger charge is 2.74. The van der Waals surface area contributed by atoms with E-state index in [0.29, 0.717) is 32.1 Å². The number of carbonyl (C=O) groups excluding carboxylic acids is 2. The van der Waals surface area contributed by atoms with Gasteiger partial charge < -0.3 is 50.0 Å². The zero-order chi connectivity index (χ0) is 29.5. The number of fused-ring (bicyclic) bond motifs is 5. The van der Waals surface area contributed by atoms with Crippen molar-refractivity contribution in [3.05, 3.63) is 11.6 Å². The summed E-state index contributed by atoms with van der Waals surface area (Å²) >= 11 is 0. The predicted molar refractivity (Wildman–Crippen MR) is 137 cm³/mol. The van der Waals surface area contributed by atoms with E-state index >= 15 is 0 Å². The maximum Gasteiger partial charge on any atom is 0.331 e. The smallest absolute Gasteiger partial charge is 0.331 e. The maximum absolute atomic E-state index is 14.3. The van der Waals surface area contributed by atoms with Gasteiger partial charge in [-0.3, -0.25) is 4.79 Å². The fourth-order valence-corrected chi connectivity index (χ4v) is 9.84. The van der Waals surface area contributed by atoms with Gasteiger partial charge in [-0.2, -0.15) is 0 Å². The second-order valence-electron chi connectivity index (χ2n) is 13.6. The molecule has 0 bridgehead atoms. The molecule has 6 aliphatic rings. The molecular formula is C29H42O12. The minimum Gasteiger partial charge on any atom is -0.458 e. The molecule has 12 heteroatoms. The molecule has 5 fully saturated rings. The molecule has 1 saturated heterocycles. The number of aliphatic hydroxyl groups is 7. The van der Waals surface area contributed by atoms with Crippen LogP contribution in [0.2, 0.25) is 0 Å². The largest absolute Gasteiger partial charge is 0.458 e. The van der Waals surface area contributed by atoms with Crippen LogP contribution in [-0.2, 0) is 23.8 Å². The van der Waals surface area contributed by atoms with Crippen LogP contribution in [0.15, 0.2) is 11.6 Å². The van der Waals surface area contributed by atoms with Gasteiger partial charge in [-0.1, -0.05) is 6.92 Å². The Hall–Kier alpha value is -1.64. The van der Waals surface area contributed by atoms with Gasteiger partial charge in [-0.25, -0.2) is 4.79 Å². The van der Waals surface area contributed by atoms with Crippen LogP contribution in [0.5, 0.6) is 0 Å². The lowest BCUT2D eigenvalue weighted by Crippen LogP contribution is -2.71. The molecule has 0 unspecified atom stereocenters. The highest BCUT2D eigenvalue weighted by molar-refractivity contribution is 5.85. The summed E-state index contributed by atoms with van der Waals surface area (Å²) in [4.78, 5) is 26.1. The van der Waals surface area contributed by atoms with Gasteiger partial charge in [-0.05, 0) is 74.7 Å². The topological polar surface area (TPSA) is 203 Å². The Labute approximate surface area is 237 Å². The number of esters is 2. The molecule has 4 aliphatic carbocycles. The van der Waals surface area contributed by atoms with Crippen LogP contribution in [0.1, 0.15) is 64.7 Å². The van der Waals surface area contributed by atoms with Gasteiger partial charge in [0.2, 0.25) is 6.29 Å². The SMILES string of the molecule is C[C@]12CC[C@H]3[C@@H](CC[C@]4(O)C[C@@H](O)CC[C@]34C(=O)O[C@@H]3O[C@H](CO)[C@@H](O)[C@H](O)[C@H]3O)[C@@]1(O)CC[C@@H]2C1=CC(=O)OC1. The van der Waals surface area contributed by atoms with Gasteiger partial charge in [0, 0.05) is 17.9 Å². The lowest BCUT2D eigenvalue weighted by atomic mass is 9.41. The third-order valence-electron chi connectivity index (χ3n) is 12.0. The Morgan fingerprint density at radius 1 is 0.976 bits per heavy atom. The lowest BCUT2D eigenvalue weighted by Gasteiger charge is -2.65. The molecule has 2 aliphatic heterocycles. The van der Waals surface area contributed by atoms with Gasteiger partial charge in [0.1, 0.15) is 36.4 Å². The second kappa shape index (κ2) is 9.95. The van der Waals surface area contributed by atoms with Crippen molar-refractivity contribution in [3.63, 3.8) is 0 Å². The van der Waals surface area contributed by atoms with Gasteiger partial charge in [0.05, 0.1) is 23.9 Å². The van der Waals surface area contributed by atoms with E-state index < -0.39 is 77.3 Å². The normalized spacial score (nSPS) is 53.0. The number of cyclic esters (lactones) is 1. The fraction of sp³-hybridized carbons (Fsp3) is 0.862. The van der Waals surface area contributed by atoms with Crippen molar-refractivity contribution < 1.29 is 59.5 Å². The Bertz CT molecular complexity index is 1110. The molecule has 4 saturated carbocycles. The summed E-state index contributed by atoms with van der Waals surface area (Å²) in [6, 6.07) is 0. The van der Waals surface area contributed by atoms with Gasteiger partial charge in [-0.15, -0.1) is 0 Å². The second-order valence-corrected chi connectivity index (χ2v) is 13.6. The Balaban J connectivity index is 1.34. The molecular weight excluding hydrogens is 540 g/mol. The zero-order valence-corrected chi connectivity index (χ0v) is 23.2. The van der Waals surface area contributed by atoms with Crippen LogP contribution in [0.4, 0.5) is 0 Å². The number of hydrogen-bond donors (Lipinski definition) is 7. The third kappa shape index (κ3) is 4.02. The van der Waals surface area contributed by atoms with Crippen LogP contribution in [0.3, 0.4) is 0 Å². The Kier molecular flexibility index (Phi) is 7.14. The van der Waals surface area contributed by atoms with E-state index in [1.165, 1.54) is 6.08 Å². The van der Waals surface area contributed by atoms with Crippen LogP contribution in [0, 0.1) is 28.6 Å². The van der Waals surface area contributed by atoms with E-state index in [4.69, 9.17) is 14.2 Å². The molecule has 0 amide bonds. The quantitative estimate of drug-likeness (QED) is 0.200. The first kappa shape index (κ1) is 29.4. The summed E-state index contributed by atoms with van der Waals surface area (Å²) in [5.41, 5.74) is -4.08. The summed E-state index contributed by atoms with van der Waals surface area (Å²) in [5.74, 6) is -2.21. The molecule has 6 rings (SSSR count). The number of carbonyl (C=O) groups is 2. The third-order valence-corrected chi connectivity index (χ3v) is 12.0. The van der Waals surface area contributed by atoms with Gasteiger partial charge in [0.25, 0.3) is 0 Å². The van der Waals surface area contributed by atoms with Crippen LogP contribution in [0.25, 0.3) is 0 Å². The minimum absolute atomic E-state index is 0.0509. The molecule has 2 heterocycles. The molecule has 0 aromatic carbocycles. The average Bonchev–Trinajstić information content (AvgIpc) is 3.47. The summed E-state index contributed by atoms with van der Waals surface area (Å²) < 4.78 is 16.4. The highest BCUT2D eigenvalue weighted by Crippen LogP contribution is 2.71. The molecule has 0 aromatic heterocycles. The van der Waals surface area contributed by atoms with Crippen molar-refractivity contribution in [3.8, 4) is 0 Å². The molecule has 0 aromatic rings. The van der Waals surface area contributed by atoms with E-state index in [1.807, 2.05) is 6.92 Å². The number of ether oxygens (including phenoxy) is 3. The van der Waals surface area contributed by atoms with Crippen molar-refractivity contribution in [2.75, 3.05) is 13.2 Å². The predicted octanol–water partition coefficient (Wildman–Crippen LogP) is -0.958. The van der Waals surface area contributed by atoms with Gasteiger partial charge in [0.15, 0.2) is 0 Å². The fourth-order valence-electron chi connectivity index (χ4n) is 9.84. The van der Waals surface area contributed by atoms with Crippen molar-refractivity contribution >= 4 is 11.9 Å². The van der Waals surface area contributed by atoms with Crippen LogP contribution < -0.4 is 0 Å². The molecule has 230 valence electrons. The van der Waals surface area contributed by atoms with Crippen molar-refractivity contribution in [1.82, 2.24) is 0 Å². The average molecular weight is 583 g/mol. The Morgan fingerprint density at radius 3 is 2.39 bits per heavy atom. The van der Waals surface area contributed by atoms with E-state index in [0.717, 1.165) is 5.57 Å². The van der Waals surface area contributed by atoms with Crippen molar-refractivity contribution in [2.24, 2.45) is 28.6 Å². The number of rotatable bonds is 4. The van der Waals surface area contributed by atoms with E-state index in [2.05, 4.69) is 0 Å². The standard InChI is InChI=1S/C29H42O12/c1-26-6-3-17-18(29(26,38)9-5-16(26)14-10-20(32)39-13-14)4-7-27(37)11-15(31)2-8-28(17,27)25(36)41-24-23(35)22(34)21(33)19(12-30)40-24/h10,15-19,21-24,30-31,33-35,37-38H,2-9,11-13H2,1H3/t15-,16+,17-,18+,19+,21+,22-,23+,24-,26+,27-,28+,29-/m0/s1. The molecule has 41 heavy (non-hydrogen) atoms. The first-order valence-corrected chi connectivity index (χ1v) is 14.8. The highest BCUT2D eigenvalue weighted by atomic mass is 16.7. The van der Waals surface area contributed by atoms with E-state index in [-0.39, 0.29) is 50.1 Å². The molecule has 0 radical (unpaired) electrons. The first-order chi connectivity index (χ1) is 19.3. The minimum atomic E-state index is -1.80. The summed E-state index contributed by atoms with van der Waals surface area (Å²) in [6.07, 6.45) is -4.51. The van der Waals surface area contributed by atoms with Crippen LogP contribution in [-0.4, -0.2) is 109 Å². The monoisotopic (exact) mass is 582 g/mol. The molecule has 13 atom stereocenters. The molecule has 12 nitrogen and oxygen atoms in total. The van der Waals surface area contributed by atoms with E-state index in [1.54, 1.807) is 0 Å². The number of aliphatic hydroxyl groups excluding tert-OH is 5. The van der Waals surface area contributed by atoms with Crippen molar-refractivity contribution in [2.45, 2.75) is 113 Å². The van der Waals surface area contributed by atoms with Crippen molar-refractivity contribution in [1.29, 1.82) is 0 Å². The molecule has 7 N–H and O–H groups in total. The number of hydrogen-bond acceptors (Lipinski definition) is 12. The summed E-state index contributed by atoms with van der Waals surface area (Å²) in [6.45, 7) is 1.55.